The number of carbonyl (C=O) groups excluding carboxylic acids is 2. The quantitative estimate of drug-likeness (QED) is 0.117. The van der Waals surface area contributed by atoms with Crippen molar-refractivity contribution in [2.45, 2.75) is 51.4 Å². The summed E-state index contributed by atoms with van der Waals surface area (Å²) in [6.07, 6.45) is 9.28. The molecule has 0 aliphatic heterocycles. The van der Waals surface area contributed by atoms with E-state index in [4.69, 9.17) is 4.74 Å². The Morgan fingerprint density at radius 3 is 2.03 bits per heavy atom. The second kappa shape index (κ2) is 9.71. The molecule has 0 saturated carbocycles. The number of hydrogen-bond donors (Lipinski definition) is 0. The minimum Gasteiger partial charge on any atom is -0.462 e. The number of ether oxygens (including phenoxy) is 1. The minimum absolute atomic E-state index is 0.234. The lowest BCUT2D eigenvalue weighted by molar-refractivity contribution is -0.107. The van der Waals surface area contributed by atoms with Gasteiger partial charge in [0, 0.05) is 6.42 Å². The van der Waals surface area contributed by atoms with Crippen molar-refractivity contribution < 1.29 is 14.3 Å². The molecule has 0 spiro atoms. The Kier molecular flexibility index (Phi) is 6.58. The molecular weight excluding hydrogens is 372 g/mol. The number of rotatable bonds is 11. The fourth-order valence-corrected chi connectivity index (χ4v) is 4.37. The van der Waals surface area contributed by atoms with Crippen LogP contribution in [0.4, 0.5) is 0 Å². The molecule has 0 fully saturated rings. The molecule has 3 heteroatoms. The molecule has 0 saturated heterocycles. The maximum absolute atomic E-state index is 12.8. The summed E-state index contributed by atoms with van der Waals surface area (Å²) in [5.41, 5.74) is 0.649. The molecule has 154 valence electrons. The summed E-state index contributed by atoms with van der Waals surface area (Å²) in [5.74, 6) is -0.234. The van der Waals surface area contributed by atoms with Crippen molar-refractivity contribution in [2.75, 3.05) is 6.61 Å². The number of benzene rings is 4. The lowest BCUT2D eigenvalue weighted by atomic mass is 9.92. The van der Waals surface area contributed by atoms with Crippen molar-refractivity contribution in [1.29, 1.82) is 0 Å². The van der Waals surface area contributed by atoms with Crippen LogP contribution < -0.4 is 0 Å². The summed E-state index contributed by atoms with van der Waals surface area (Å²) in [4.78, 5) is 23.1. The first kappa shape index (κ1) is 20.3. The van der Waals surface area contributed by atoms with Gasteiger partial charge in [-0.25, -0.2) is 4.79 Å². The molecule has 0 unspecified atom stereocenters. The lowest BCUT2D eigenvalue weighted by Crippen LogP contribution is -2.07. The first-order chi connectivity index (χ1) is 14.8. The van der Waals surface area contributed by atoms with Crippen LogP contribution in [0.25, 0.3) is 32.3 Å². The van der Waals surface area contributed by atoms with E-state index in [1.807, 2.05) is 18.2 Å². The molecule has 0 aliphatic carbocycles. The highest BCUT2D eigenvalue weighted by Gasteiger charge is 2.15. The Labute approximate surface area is 177 Å². The lowest BCUT2D eigenvalue weighted by Gasteiger charge is -2.13. The van der Waals surface area contributed by atoms with E-state index in [-0.39, 0.29) is 5.97 Å². The molecule has 0 radical (unpaired) electrons. The molecule has 0 bridgehead atoms. The first-order valence-electron chi connectivity index (χ1n) is 11.1. The number of aldehydes is 1. The zero-order valence-electron chi connectivity index (χ0n) is 17.4. The highest BCUT2D eigenvalue weighted by Crippen LogP contribution is 2.36. The molecule has 0 heterocycles. The third kappa shape index (κ3) is 4.30. The van der Waals surface area contributed by atoms with Gasteiger partial charge in [0.1, 0.15) is 6.29 Å². The molecule has 4 aromatic carbocycles. The summed E-state index contributed by atoms with van der Waals surface area (Å²) in [6, 6.07) is 18.6. The van der Waals surface area contributed by atoms with E-state index in [1.54, 1.807) is 0 Å². The predicted molar refractivity (Wildman–Crippen MR) is 123 cm³/mol. The van der Waals surface area contributed by atoms with Crippen molar-refractivity contribution in [3.05, 3.63) is 60.2 Å². The highest BCUT2D eigenvalue weighted by atomic mass is 16.5. The molecular formula is C27H28O3. The molecule has 4 aromatic rings. The van der Waals surface area contributed by atoms with E-state index < -0.39 is 0 Å². The SMILES string of the molecule is O=CCCCCCCCCCOC(=O)c1ccc2ccc3cccc4ccc1c2c34. The average Bonchev–Trinajstić information content (AvgIpc) is 2.78. The van der Waals surface area contributed by atoms with Gasteiger partial charge in [-0.2, -0.15) is 0 Å². The van der Waals surface area contributed by atoms with Crippen molar-refractivity contribution in [3.8, 4) is 0 Å². The largest absolute Gasteiger partial charge is 0.462 e. The van der Waals surface area contributed by atoms with Crippen LogP contribution in [-0.2, 0) is 9.53 Å². The Morgan fingerprint density at radius 1 is 0.700 bits per heavy atom. The van der Waals surface area contributed by atoms with Crippen LogP contribution in [-0.4, -0.2) is 18.9 Å². The number of hydrogen-bond acceptors (Lipinski definition) is 3. The Morgan fingerprint density at radius 2 is 1.30 bits per heavy atom. The van der Waals surface area contributed by atoms with E-state index in [2.05, 4.69) is 36.4 Å². The van der Waals surface area contributed by atoms with Gasteiger partial charge in [-0.1, -0.05) is 80.6 Å². The summed E-state index contributed by atoms with van der Waals surface area (Å²) in [7, 11) is 0. The first-order valence-corrected chi connectivity index (χ1v) is 11.1. The molecule has 0 N–H and O–H groups in total. The van der Waals surface area contributed by atoms with Crippen LogP contribution in [0.15, 0.2) is 54.6 Å². The van der Waals surface area contributed by atoms with Crippen molar-refractivity contribution in [1.82, 2.24) is 0 Å². The number of carbonyl (C=O) groups is 2. The molecule has 0 amide bonds. The average molecular weight is 401 g/mol. The van der Waals surface area contributed by atoms with Crippen LogP contribution in [0.2, 0.25) is 0 Å². The van der Waals surface area contributed by atoms with Gasteiger partial charge in [0.25, 0.3) is 0 Å². The fourth-order valence-electron chi connectivity index (χ4n) is 4.37. The molecule has 0 aromatic heterocycles. The summed E-state index contributed by atoms with van der Waals surface area (Å²) >= 11 is 0. The molecule has 0 aliphatic rings. The second-order valence-electron chi connectivity index (χ2n) is 8.04. The second-order valence-corrected chi connectivity index (χ2v) is 8.04. The number of unbranched alkanes of at least 4 members (excludes halogenated alkanes) is 7. The Balaban J connectivity index is 1.36. The third-order valence-electron chi connectivity index (χ3n) is 5.95. The summed E-state index contributed by atoms with van der Waals surface area (Å²) in [6.45, 7) is 0.464. The zero-order valence-corrected chi connectivity index (χ0v) is 17.4. The maximum atomic E-state index is 12.8. The topological polar surface area (TPSA) is 43.4 Å². The van der Waals surface area contributed by atoms with Crippen LogP contribution in [0.3, 0.4) is 0 Å². The van der Waals surface area contributed by atoms with E-state index in [0.717, 1.165) is 54.5 Å². The minimum atomic E-state index is -0.234. The summed E-state index contributed by atoms with van der Waals surface area (Å²) < 4.78 is 5.60. The maximum Gasteiger partial charge on any atom is 0.338 e. The predicted octanol–water partition coefficient (Wildman–Crippen LogP) is 7.06. The van der Waals surface area contributed by atoms with Crippen molar-refractivity contribution in [2.24, 2.45) is 0 Å². The van der Waals surface area contributed by atoms with Gasteiger partial charge in [-0.3, -0.25) is 0 Å². The van der Waals surface area contributed by atoms with Gasteiger partial charge < -0.3 is 9.53 Å². The van der Waals surface area contributed by atoms with Gasteiger partial charge in [0.15, 0.2) is 0 Å². The summed E-state index contributed by atoms with van der Waals surface area (Å²) in [5, 5.41) is 6.88. The highest BCUT2D eigenvalue weighted by molar-refractivity contribution is 6.25. The zero-order chi connectivity index (χ0) is 20.8. The molecule has 30 heavy (non-hydrogen) atoms. The normalized spacial score (nSPS) is 11.5. The van der Waals surface area contributed by atoms with Crippen molar-refractivity contribution in [3.63, 3.8) is 0 Å². The van der Waals surface area contributed by atoms with Gasteiger partial charge in [-0.15, -0.1) is 0 Å². The van der Waals surface area contributed by atoms with Gasteiger partial charge in [0.2, 0.25) is 0 Å². The smallest absolute Gasteiger partial charge is 0.338 e. The third-order valence-corrected chi connectivity index (χ3v) is 5.95. The standard InChI is InChI=1S/C27H28O3/c28-18-7-5-3-1-2-4-6-8-19-30-27(29)24-17-15-22-13-12-20-10-9-11-21-14-16-23(24)26(22)25(20)21/h9-18H,1-8,19H2. The van der Waals surface area contributed by atoms with Crippen LogP contribution in [0.5, 0.6) is 0 Å². The van der Waals surface area contributed by atoms with Crippen LogP contribution >= 0.6 is 0 Å². The van der Waals surface area contributed by atoms with Crippen LogP contribution in [0.1, 0.15) is 61.7 Å². The molecule has 3 nitrogen and oxygen atoms in total. The molecule has 4 rings (SSSR count). The van der Waals surface area contributed by atoms with Crippen molar-refractivity contribution >= 4 is 44.6 Å². The van der Waals surface area contributed by atoms with E-state index in [1.165, 1.54) is 29.0 Å². The van der Waals surface area contributed by atoms with Gasteiger partial charge in [0.05, 0.1) is 12.2 Å². The van der Waals surface area contributed by atoms with E-state index in [0.29, 0.717) is 18.6 Å². The Bertz CT molecular complexity index is 1130. The Hall–Kier alpha value is -2.94. The van der Waals surface area contributed by atoms with E-state index >= 15 is 0 Å². The molecule has 0 atom stereocenters. The number of esters is 1. The van der Waals surface area contributed by atoms with E-state index in [9.17, 15) is 9.59 Å². The monoisotopic (exact) mass is 400 g/mol. The van der Waals surface area contributed by atoms with Crippen LogP contribution in [0, 0.1) is 0 Å². The fraction of sp³-hybridized carbons (Fsp3) is 0.333. The van der Waals surface area contributed by atoms with Gasteiger partial charge >= 0.3 is 5.97 Å². The van der Waals surface area contributed by atoms with Gasteiger partial charge in [-0.05, 0) is 51.2 Å².